The zero-order valence-electron chi connectivity index (χ0n) is 12.2. The molecule has 114 valence electrons. The van der Waals surface area contributed by atoms with Crippen LogP contribution >= 0.6 is 0 Å². The first-order valence-corrected chi connectivity index (χ1v) is 7.35. The Hall–Kier alpha value is -0.200. The van der Waals surface area contributed by atoms with Crippen LogP contribution in [0.4, 0.5) is 0 Å². The minimum absolute atomic E-state index is 0.168. The average Bonchev–Trinajstić information content (AvgIpc) is 2.87. The van der Waals surface area contributed by atoms with Crippen LogP contribution < -0.4 is 5.32 Å². The summed E-state index contributed by atoms with van der Waals surface area (Å²) in [6.07, 6.45) is 2.57. The zero-order valence-corrected chi connectivity index (χ0v) is 12.2. The lowest BCUT2D eigenvalue weighted by molar-refractivity contribution is -0.0173. The SMILES string of the molecule is CC(C)C(CCO)NCC(O)COCC1CCCO1. The summed E-state index contributed by atoms with van der Waals surface area (Å²) in [5.41, 5.74) is 0. The van der Waals surface area contributed by atoms with Gasteiger partial charge < -0.3 is 25.0 Å². The van der Waals surface area contributed by atoms with Crippen LogP contribution in [0, 0.1) is 5.92 Å². The Morgan fingerprint density at radius 2 is 2.21 bits per heavy atom. The van der Waals surface area contributed by atoms with Crippen LogP contribution in [0.1, 0.15) is 33.1 Å². The largest absolute Gasteiger partial charge is 0.396 e. The first-order chi connectivity index (χ1) is 9.13. The number of rotatable bonds is 10. The molecule has 0 aromatic heterocycles. The Kier molecular flexibility index (Phi) is 8.57. The molecule has 1 heterocycles. The maximum absolute atomic E-state index is 9.83. The van der Waals surface area contributed by atoms with Gasteiger partial charge >= 0.3 is 0 Å². The first-order valence-electron chi connectivity index (χ1n) is 7.35. The molecule has 0 aliphatic carbocycles. The summed E-state index contributed by atoms with van der Waals surface area (Å²) in [6.45, 7) is 6.60. The number of hydrogen-bond acceptors (Lipinski definition) is 5. The Balaban J connectivity index is 2.06. The van der Waals surface area contributed by atoms with Crippen molar-refractivity contribution < 1.29 is 19.7 Å². The molecule has 0 spiro atoms. The molecule has 1 aliphatic rings. The van der Waals surface area contributed by atoms with Crippen molar-refractivity contribution in [2.24, 2.45) is 5.92 Å². The molecule has 0 bridgehead atoms. The average molecular weight is 275 g/mol. The molecule has 19 heavy (non-hydrogen) atoms. The standard InChI is InChI=1S/C14H29NO4/c1-11(2)14(5-6-16)15-8-12(17)9-18-10-13-4-3-7-19-13/h11-17H,3-10H2,1-2H3. The lowest BCUT2D eigenvalue weighted by atomic mass is 10.0. The fourth-order valence-electron chi connectivity index (χ4n) is 2.27. The molecule has 3 N–H and O–H groups in total. The van der Waals surface area contributed by atoms with E-state index in [9.17, 15) is 5.11 Å². The molecule has 0 aromatic rings. The van der Waals surface area contributed by atoms with E-state index in [1.807, 2.05) is 0 Å². The number of ether oxygens (including phenoxy) is 2. The van der Waals surface area contributed by atoms with Gasteiger partial charge in [0.2, 0.25) is 0 Å². The summed E-state index contributed by atoms with van der Waals surface area (Å²) in [7, 11) is 0. The Bertz CT molecular complexity index is 219. The van der Waals surface area contributed by atoms with E-state index in [1.54, 1.807) is 0 Å². The van der Waals surface area contributed by atoms with E-state index in [0.717, 1.165) is 19.4 Å². The molecule has 0 radical (unpaired) electrons. The predicted octanol–water partition coefficient (Wildman–Crippen LogP) is 0.540. The Morgan fingerprint density at radius 1 is 1.42 bits per heavy atom. The van der Waals surface area contributed by atoms with Gasteiger partial charge in [-0.15, -0.1) is 0 Å². The monoisotopic (exact) mass is 275 g/mol. The molecular formula is C14H29NO4. The third-order valence-corrected chi connectivity index (χ3v) is 3.50. The second-order valence-corrected chi connectivity index (χ2v) is 5.60. The van der Waals surface area contributed by atoms with Gasteiger partial charge in [-0.1, -0.05) is 13.8 Å². The summed E-state index contributed by atoms with van der Waals surface area (Å²) < 4.78 is 10.9. The van der Waals surface area contributed by atoms with Gasteiger partial charge in [0.05, 0.1) is 25.4 Å². The van der Waals surface area contributed by atoms with Crippen molar-refractivity contribution in [3.63, 3.8) is 0 Å². The van der Waals surface area contributed by atoms with E-state index in [1.165, 1.54) is 0 Å². The van der Waals surface area contributed by atoms with Crippen molar-refractivity contribution in [1.82, 2.24) is 5.32 Å². The molecule has 5 heteroatoms. The normalized spacial score (nSPS) is 22.9. The maximum Gasteiger partial charge on any atom is 0.0897 e. The molecular weight excluding hydrogens is 246 g/mol. The molecule has 3 atom stereocenters. The second-order valence-electron chi connectivity index (χ2n) is 5.60. The summed E-state index contributed by atoms with van der Waals surface area (Å²) in [5.74, 6) is 0.437. The second kappa shape index (κ2) is 9.66. The third-order valence-electron chi connectivity index (χ3n) is 3.50. The lowest BCUT2D eigenvalue weighted by Crippen LogP contribution is -2.41. The fraction of sp³-hybridized carbons (Fsp3) is 1.00. The van der Waals surface area contributed by atoms with Crippen molar-refractivity contribution in [1.29, 1.82) is 0 Å². The van der Waals surface area contributed by atoms with E-state index in [0.29, 0.717) is 32.1 Å². The van der Waals surface area contributed by atoms with Gasteiger partial charge in [-0.05, 0) is 25.2 Å². The molecule has 3 unspecified atom stereocenters. The van der Waals surface area contributed by atoms with Crippen LogP contribution in [-0.4, -0.2) is 61.4 Å². The molecule has 1 fully saturated rings. The molecule has 5 nitrogen and oxygen atoms in total. The lowest BCUT2D eigenvalue weighted by Gasteiger charge is -2.23. The highest BCUT2D eigenvalue weighted by Gasteiger charge is 2.17. The van der Waals surface area contributed by atoms with E-state index in [4.69, 9.17) is 14.6 Å². The van der Waals surface area contributed by atoms with Crippen molar-refractivity contribution in [3.05, 3.63) is 0 Å². The summed E-state index contributed by atoms with van der Waals surface area (Å²) in [5, 5.41) is 22.1. The first kappa shape index (κ1) is 16.9. The van der Waals surface area contributed by atoms with Crippen LogP contribution in [0.3, 0.4) is 0 Å². The highest BCUT2D eigenvalue weighted by atomic mass is 16.5. The molecule has 1 rings (SSSR count). The molecule has 1 saturated heterocycles. The number of aliphatic hydroxyl groups is 2. The van der Waals surface area contributed by atoms with E-state index in [-0.39, 0.29) is 18.8 Å². The Morgan fingerprint density at radius 3 is 2.79 bits per heavy atom. The molecule has 1 aliphatic heterocycles. The molecule has 0 aromatic carbocycles. The van der Waals surface area contributed by atoms with Crippen molar-refractivity contribution in [2.75, 3.05) is 33.0 Å². The topological polar surface area (TPSA) is 71.0 Å². The van der Waals surface area contributed by atoms with Crippen LogP contribution in [0.2, 0.25) is 0 Å². The summed E-state index contributed by atoms with van der Waals surface area (Å²) in [4.78, 5) is 0. The van der Waals surface area contributed by atoms with Crippen LogP contribution in [0.5, 0.6) is 0 Å². The fourth-order valence-corrected chi connectivity index (χ4v) is 2.27. The van der Waals surface area contributed by atoms with Gasteiger partial charge in [0, 0.05) is 25.8 Å². The van der Waals surface area contributed by atoms with Crippen molar-refractivity contribution in [2.45, 2.75) is 51.4 Å². The smallest absolute Gasteiger partial charge is 0.0897 e. The van der Waals surface area contributed by atoms with Gasteiger partial charge in [0.15, 0.2) is 0 Å². The molecule has 0 amide bonds. The highest BCUT2D eigenvalue weighted by molar-refractivity contribution is 4.72. The zero-order chi connectivity index (χ0) is 14.1. The number of hydrogen-bond donors (Lipinski definition) is 3. The van der Waals surface area contributed by atoms with Gasteiger partial charge in [-0.25, -0.2) is 0 Å². The number of nitrogens with one attached hydrogen (secondary N) is 1. The van der Waals surface area contributed by atoms with Gasteiger partial charge in [-0.3, -0.25) is 0 Å². The Labute approximate surface area is 116 Å². The summed E-state index contributed by atoms with van der Waals surface area (Å²) in [6, 6.07) is 0.234. The van der Waals surface area contributed by atoms with E-state index < -0.39 is 6.10 Å². The van der Waals surface area contributed by atoms with Crippen LogP contribution in [0.15, 0.2) is 0 Å². The third kappa shape index (κ3) is 7.22. The highest BCUT2D eigenvalue weighted by Crippen LogP contribution is 2.12. The van der Waals surface area contributed by atoms with Crippen molar-refractivity contribution in [3.8, 4) is 0 Å². The van der Waals surface area contributed by atoms with E-state index in [2.05, 4.69) is 19.2 Å². The van der Waals surface area contributed by atoms with Gasteiger partial charge in [0.1, 0.15) is 0 Å². The van der Waals surface area contributed by atoms with Crippen LogP contribution in [0.25, 0.3) is 0 Å². The van der Waals surface area contributed by atoms with Gasteiger partial charge in [-0.2, -0.15) is 0 Å². The maximum atomic E-state index is 9.83. The van der Waals surface area contributed by atoms with Crippen LogP contribution in [-0.2, 0) is 9.47 Å². The van der Waals surface area contributed by atoms with Gasteiger partial charge in [0.25, 0.3) is 0 Å². The number of aliphatic hydroxyl groups excluding tert-OH is 2. The predicted molar refractivity (Wildman–Crippen MR) is 74.1 cm³/mol. The minimum atomic E-state index is -0.513. The van der Waals surface area contributed by atoms with E-state index >= 15 is 0 Å². The van der Waals surface area contributed by atoms with Crippen molar-refractivity contribution >= 4 is 0 Å². The minimum Gasteiger partial charge on any atom is -0.396 e. The quantitative estimate of drug-likeness (QED) is 0.543. The molecule has 0 saturated carbocycles. The summed E-state index contributed by atoms with van der Waals surface area (Å²) >= 11 is 0.